The molecule has 0 fully saturated rings. The van der Waals surface area contributed by atoms with Gasteiger partial charge in [0.25, 0.3) is 0 Å². The van der Waals surface area contributed by atoms with Crippen molar-refractivity contribution in [1.82, 2.24) is 4.98 Å². The molecular formula is C12H7Cl2IN2O2. The highest BCUT2D eigenvalue weighted by molar-refractivity contribution is 14.1. The van der Waals surface area contributed by atoms with Crippen LogP contribution in [-0.4, -0.2) is 16.1 Å². The Kier molecular flexibility index (Phi) is 4.49. The molecule has 1 aromatic heterocycles. The molecule has 0 spiro atoms. The topological polar surface area (TPSA) is 62.2 Å². The molecule has 0 aliphatic heterocycles. The molecule has 0 radical (unpaired) electrons. The van der Waals surface area contributed by atoms with Gasteiger partial charge in [0.2, 0.25) is 0 Å². The van der Waals surface area contributed by atoms with Crippen LogP contribution in [0.5, 0.6) is 0 Å². The van der Waals surface area contributed by atoms with Gasteiger partial charge in [-0.05, 0) is 46.9 Å². The van der Waals surface area contributed by atoms with E-state index in [1.165, 1.54) is 12.3 Å². The zero-order valence-electron chi connectivity index (χ0n) is 9.32. The van der Waals surface area contributed by atoms with Crippen molar-refractivity contribution in [1.29, 1.82) is 0 Å². The molecule has 1 heterocycles. The normalized spacial score (nSPS) is 10.3. The average Bonchev–Trinajstić information content (AvgIpc) is 2.34. The van der Waals surface area contributed by atoms with Gasteiger partial charge >= 0.3 is 5.97 Å². The van der Waals surface area contributed by atoms with Gasteiger partial charge in [-0.2, -0.15) is 0 Å². The van der Waals surface area contributed by atoms with Gasteiger partial charge in [-0.25, -0.2) is 9.78 Å². The van der Waals surface area contributed by atoms with Crippen LogP contribution in [0.1, 0.15) is 10.4 Å². The minimum Gasteiger partial charge on any atom is -0.478 e. The first-order valence-electron chi connectivity index (χ1n) is 5.08. The monoisotopic (exact) mass is 408 g/mol. The van der Waals surface area contributed by atoms with Crippen LogP contribution in [0.3, 0.4) is 0 Å². The molecule has 0 saturated heterocycles. The second kappa shape index (κ2) is 5.94. The van der Waals surface area contributed by atoms with E-state index in [4.69, 9.17) is 28.3 Å². The summed E-state index contributed by atoms with van der Waals surface area (Å²) in [6.07, 6.45) is 1.23. The van der Waals surface area contributed by atoms with Gasteiger partial charge in [0.15, 0.2) is 0 Å². The number of carbonyl (C=O) groups is 1. The maximum Gasteiger partial charge on any atom is 0.337 e. The molecule has 0 amide bonds. The lowest BCUT2D eigenvalue weighted by Crippen LogP contribution is -2.01. The van der Waals surface area contributed by atoms with Crippen molar-refractivity contribution in [3.63, 3.8) is 0 Å². The van der Waals surface area contributed by atoms with Gasteiger partial charge in [0, 0.05) is 9.77 Å². The van der Waals surface area contributed by atoms with Crippen molar-refractivity contribution < 1.29 is 9.90 Å². The van der Waals surface area contributed by atoms with Crippen LogP contribution >= 0.6 is 45.8 Å². The summed E-state index contributed by atoms with van der Waals surface area (Å²) in [5.41, 5.74) is 0.684. The number of rotatable bonds is 3. The molecule has 0 aliphatic rings. The number of hydrogen-bond acceptors (Lipinski definition) is 3. The van der Waals surface area contributed by atoms with E-state index in [2.05, 4.69) is 32.9 Å². The summed E-state index contributed by atoms with van der Waals surface area (Å²) in [6.45, 7) is 0. The van der Waals surface area contributed by atoms with E-state index >= 15 is 0 Å². The summed E-state index contributed by atoms with van der Waals surface area (Å²) >= 11 is 14.2. The Hall–Kier alpha value is -1.05. The van der Waals surface area contributed by atoms with E-state index in [1.54, 1.807) is 12.1 Å². The van der Waals surface area contributed by atoms with Crippen molar-refractivity contribution in [2.75, 3.05) is 5.32 Å². The Balaban J connectivity index is 2.31. The molecule has 0 bridgehead atoms. The predicted molar refractivity (Wildman–Crippen MR) is 83.7 cm³/mol. The number of halogens is 3. The lowest BCUT2D eigenvalue weighted by atomic mass is 10.2. The number of carboxylic acids is 1. The van der Waals surface area contributed by atoms with Gasteiger partial charge in [0.1, 0.15) is 5.82 Å². The highest BCUT2D eigenvalue weighted by Crippen LogP contribution is 2.29. The second-order valence-electron chi connectivity index (χ2n) is 3.61. The molecule has 0 unspecified atom stereocenters. The number of carboxylic acid groups (broad SMARTS) is 1. The number of aromatic nitrogens is 1. The Morgan fingerprint density at radius 2 is 2.00 bits per heavy atom. The van der Waals surface area contributed by atoms with Crippen LogP contribution in [0.15, 0.2) is 30.5 Å². The number of nitrogens with one attached hydrogen (secondary N) is 1. The smallest absolute Gasteiger partial charge is 0.337 e. The van der Waals surface area contributed by atoms with Crippen LogP contribution < -0.4 is 5.32 Å². The fourth-order valence-corrected chi connectivity index (χ4v) is 2.48. The first kappa shape index (κ1) is 14.4. The van der Waals surface area contributed by atoms with Crippen LogP contribution in [0.4, 0.5) is 11.5 Å². The van der Waals surface area contributed by atoms with E-state index < -0.39 is 5.97 Å². The number of nitrogens with zero attached hydrogens (tertiary/aromatic N) is 1. The maximum atomic E-state index is 10.8. The summed E-state index contributed by atoms with van der Waals surface area (Å²) in [6, 6.07) is 6.81. The zero-order chi connectivity index (χ0) is 14.0. The standard InChI is InChI=1S/C12H7Cl2IN2O2/c13-8-4-7(15)1-2-10(8)17-11-9(14)3-6(5-16-11)12(18)19/h1-5H,(H,16,17)(H,18,19). The second-order valence-corrected chi connectivity index (χ2v) is 5.67. The van der Waals surface area contributed by atoms with Crippen LogP contribution in [-0.2, 0) is 0 Å². The SMILES string of the molecule is O=C(O)c1cnc(Nc2ccc(I)cc2Cl)c(Cl)c1. The molecule has 2 N–H and O–H groups in total. The Morgan fingerprint density at radius 1 is 1.26 bits per heavy atom. The third kappa shape index (κ3) is 3.49. The van der Waals surface area contributed by atoms with Gasteiger partial charge in [0.05, 0.1) is 21.3 Å². The van der Waals surface area contributed by atoms with Crippen LogP contribution in [0, 0.1) is 3.57 Å². The van der Waals surface area contributed by atoms with E-state index in [0.717, 1.165) is 3.57 Å². The van der Waals surface area contributed by atoms with E-state index in [9.17, 15) is 4.79 Å². The molecule has 0 aliphatic carbocycles. The average molecular weight is 409 g/mol. The molecule has 2 aromatic rings. The molecule has 0 atom stereocenters. The summed E-state index contributed by atoms with van der Waals surface area (Å²) in [5.74, 6) is -0.719. The molecule has 4 nitrogen and oxygen atoms in total. The maximum absolute atomic E-state index is 10.8. The Morgan fingerprint density at radius 3 is 2.58 bits per heavy atom. The highest BCUT2D eigenvalue weighted by Gasteiger charge is 2.10. The highest BCUT2D eigenvalue weighted by atomic mass is 127. The zero-order valence-corrected chi connectivity index (χ0v) is 13.0. The van der Waals surface area contributed by atoms with Gasteiger partial charge < -0.3 is 10.4 Å². The van der Waals surface area contributed by atoms with Crippen molar-refractivity contribution in [2.45, 2.75) is 0 Å². The lowest BCUT2D eigenvalue weighted by molar-refractivity contribution is 0.0696. The van der Waals surface area contributed by atoms with Crippen molar-refractivity contribution in [3.05, 3.63) is 49.6 Å². The first-order valence-corrected chi connectivity index (χ1v) is 6.92. The molecular weight excluding hydrogens is 402 g/mol. The lowest BCUT2D eigenvalue weighted by Gasteiger charge is -2.09. The van der Waals surface area contributed by atoms with Gasteiger partial charge in [-0.3, -0.25) is 0 Å². The summed E-state index contributed by atoms with van der Waals surface area (Å²) in [4.78, 5) is 14.7. The van der Waals surface area contributed by atoms with Crippen LogP contribution in [0.25, 0.3) is 0 Å². The minimum atomic E-state index is -1.08. The summed E-state index contributed by atoms with van der Waals surface area (Å²) in [5, 5.41) is 12.5. The van der Waals surface area contributed by atoms with Gasteiger partial charge in [-0.15, -0.1) is 0 Å². The third-order valence-corrected chi connectivity index (χ3v) is 3.54. The molecule has 2 rings (SSSR count). The largest absolute Gasteiger partial charge is 0.478 e. The fraction of sp³-hybridized carbons (Fsp3) is 0. The van der Waals surface area contributed by atoms with Gasteiger partial charge in [-0.1, -0.05) is 23.2 Å². The van der Waals surface area contributed by atoms with E-state index in [0.29, 0.717) is 16.5 Å². The summed E-state index contributed by atoms with van der Waals surface area (Å²) in [7, 11) is 0. The molecule has 0 saturated carbocycles. The number of hydrogen-bond donors (Lipinski definition) is 2. The van der Waals surface area contributed by atoms with Crippen molar-refractivity contribution >= 4 is 63.3 Å². The molecule has 1 aromatic carbocycles. The van der Waals surface area contributed by atoms with Crippen molar-refractivity contribution in [3.8, 4) is 0 Å². The predicted octanol–water partition coefficient (Wildman–Crippen LogP) is 4.43. The van der Waals surface area contributed by atoms with E-state index in [-0.39, 0.29) is 10.6 Å². The molecule has 19 heavy (non-hydrogen) atoms. The number of benzene rings is 1. The number of aromatic carboxylic acids is 1. The quantitative estimate of drug-likeness (QED) is 0.737. The molecule has 98 valence electrons. The Labute approximate surface area is 132 Å². The molecule has 7 heteroatoms. The minimum absolute atomic E-state index is 0.0317. The summed E-state index contributed by atoms with van der Waals surface area (Å²) < 4.78 is 1.01. The first-order chi connectivity index (χ1) is 8.97. The van der Waals surface area contributed by atoms with E-state index in [1.807, 2.05) is 6.07 Å². The van der Waals surface area contributed by atoms with Crippen molar-refractivity contribution in [2.24, 2.45) is 0 Å². The Bertz CT molecular complexity index is 650. The third-order valence-electron chi connectivity index (χ3n) is 2.27. The number of pyridine rings is 1. The van der Waals surface area contributed by atoms with Crippen LogP contribution in [0.2, 0.25) is 10.0 Å². The fourth-order valence-electron chi connectivity index (χ4n) is 1.37. The number of anilines is 2.